The SMILES string of the molecule is COc1ccccc1OC[C@H](CO[C@H]1O[C@H](COCc2ccccc2)[C@H](OCc2ccccc2)[C@H](OCc2ccccc2)[C@H]1OCc1ccccc1)O[C@H]1O[C@H](COCc2ccccc2)[C@H](OCc2ccccc2)[C@H](OCc2ccccc2)[C@H]1OCc1ccccc1. The molecule has 0 amide bonds. The number of hydrogen-bond donors (Lipinski definition) is 0. The molecule has 2 heterocycles. The van der Waals surface area contributed by atoms with Crippen molar-refractivity contribution in [3.05, 3.63) is 311 Å². The van der Waals surface area contributed by atoms with E-state index in [0.717, 1.165) is 44.5 Å². The van der Waals surface area contributed by atoms with Gasteiger partial charge in [-0.2, -0.15) is 0 Å². The summed E-state index contributed by atoms with van der Waals surface area (Å²) in [7, 11) is 1.61. The minimum atomic E-state index is -1.13. The third-order valence-corrected chi connectivity index (χ3v) is 15.9. The molecular weight excluding hydrogens is 1160 g/mol. The van der Waals surface area contributed by atoms with Gasteiger partial charge in [-0.05, 0) is 56.6 Å². The average Bonchev–Trinajstić information content (AvgIpc) is 0.934. The van der Waals surface area contributed by atoms with Crippen LogP contribution in [0.1, 0.15) is 44.5 Å². The van der Waals surface area contributed by atoms with Crippen LogP contribution in [0.5, 0.6) is 11.5 Å². The molecule has 478 valence electrons. The van der Waals surface area contributed by atoms with E-state index >= 15 is 0 Å². The highest BCUT2D eigenvalue weighted by molar-refractivity contribution is 5.39. The summed E-state index contributed by atoms with van der Waals surface area (Å²) in [5.74, 6) is 1.04. The highest BCUT2D eigenvalue weighted by Gasteiger charge is 2.52. The van der Waals surface area contributed by atoms with Gasteiger partial charge in [0.15, 0.2) is 24.1 Å². The standard InChI is InChI=1S/C78H82O14/c1-79-67-44-26-27-45-68(67)82-54-66(90-78-76(88-53-65-42-24-9-25-43-65)74(86-51-63-38-20-7-21-39-63)72(84-49-61-34-16-5-17-35-61)70(92-78)57-81-47-59-30-12-3-13-31-59)55-89-77-75(87-52-64-40-22-8-23-41-64)73(85-50-62-36-18-6-19-37-62)71(83-48-60-32-14-4-15-33-60)69(91-77)56-80-46-58-28-10-2-11-29-58/h2-45,66,69-78H,46-57H2,1H3/t66-,69-,70-,71+,72+,73+,74+,75-,76-,77+,78+/m1/s1. The molecule has 0 aliphatic carbocycles. The van der Waals surface area contributed by atoms with E-state index in [0.29, 0.717) is 24.7 Å². The molecule has 2 saturated heterocycles. The molecule has 0 unspecified atom stereocenters. The molecule has 11 atom stereocenters. The third kappa shape index (κ3) is 19.8. The monoisotopic (exact) mass is 1240 g/mol. The van der Waals surface area contributed by atoms with E-state index in [1.165, 1.54) is 0 Å². The Morgan fingerprint density at radius 2 is 0.565 bits per heavy atom. The van der Waals surface area contributed by atoms with Crippen molar-refractivity contribution in [1.29, 1.82) is 0 Å². The Balaban J connectivity index is 0.960. The number of ether oxygens (including phenoxy) is 14. The first-order valence-electron chi connectivity index (χ1n) is 31.6. The minimum Gasteiger partial charge on any atom is -0.493 e. The maximum Gasteiger partial charge on any atom is 0.187 e. The molecule has 14 heteroatoms. The highest BCUT2D eigenvalue weighted by atomic mass is 16.8. The Morgan fingerprint density at radius 3 is 0.913 bits per heavy atom. The van der Waals surface area contributed by atoms with Gasteiger partial charge in [-0.3, -0.25) is 0 Å². The lowest BCUT2D eigenvalue weighted by molar-refractivity contribution is -0.351. The summed E-state index contributed by atoms with van der Waals surface area (Å²) in [5, 5.41) is 0. The molecule has 0 radical (unpaired) electrons. The van der Waals surface area contributed by atoms with Crippen molar-refractivity contribution in [3.63, 3.8) is 0 Å². The van der Waals surface area contributed by atoms with Gasteiger partial charge in [-0.15, -0.1) is 0 Å². The molecule has 2 aliphatic heterocycles. The van der Waals surface area contributed by atoms with Crippen LogP contribution in [0, 0.1) is 0 Å². The van der Waals surface area contributed by atoms with Crippen molar-refractivity contribution in [2.24, 2.45) is 0 Å². The van der Waals surface area contributed by atoms with Crippen molar-refractivity contribution in [2.45, 2.75) is 120 Å². The third-order valence-electron chi connectivity index (χ3n) is 15.9. The lowest BCUT2D eigenvalue weighted by Gasteiger charge is -2.47. The maximum atomic E-state index is 7.41. The first-order chi connectivity index (χ1) is 45.6. The lowest BCUT2D eigenvalue weighted by atomic mass is 9.97. The Kier molecular flexibility index (Phi) is 25.5. The van der Waals surface area contributed by atoms with Crippen LogP contribution in [0.3, 0.4) is 0 Å². The lowest BCUT2D eigenvalue weighted by Crippen LogP contribution is -2.63. The van der Waals surface area contributed by atoms with E-state index in [4.69, 9.17) is 66.3 Å². The molecule has 0 bridgehead atoms. The summed E-state index contributed by atoms with van der Waals surface area (Å²) in [4.78, 5) is 0. The fourth-order valence-electron chi connectivity index (χ4n) is 11.2. The smallest absolute Gasteiger partial charge is 0.187 e. The Morgan fingerprint density at radius 1 is 0.283 bits per heavy atom. The Bertz CT molecular complexity index is 3430. The van der Waals surface area contributed by atoms with Gasteiger partial charge in [-0.1, -0.05) is 255 Å². The minimum absolute atomic E-state index is 0.0487. The van der Waals surface area contributed by atoms with E-state index in [-0.39, 0.29) is 66.1 Å². The normalized spacial score (nSPS) is 21.7. The largest absolute Gasteiger partial charge is 0.493 e. The van der Waals surface area contributed by atoms with Gasteiger partial charge >= 0.3 is 0 Å². The molecule has 11 rings (SSSR count). The molecule has 2 aliphatic rings. The summed E-state index contributed by atoms with van der Waals surface area (Å²) in [6.07, 6.45) is -9.36. The van der Waals surface area contributed by atoms with Crippen LogP contribution >= 0.6 is 0 Å². The predicted octanol–water partition coefficient (Wildman–Crippen LogP) is 13.9. The van der Waals surface area contributed by atoms with Crippen molar-refractivity contribution >= 4 is 0 Å². The number of benzene rings is 9. The fourth-order valence-corrected chi connectivity index (χ4v) is 11.2. The molecule has 9 aromatic carbocycles. The Labute approximate surface area is 540 Å². The van der Waals surface area contributed by atoms with Gasteiger partial charge in [0, 0.05) is 0 Å². The molecular formula is C78H82O14. The predicted molar refractivity (Wildman–Crippen MR) is 349 cm³/mol. The number of hydrogen-bond acceptors (Lipinski definition) is 14. The van der Waals surface area contributed by atoms with Gasteiger partial charge in [0.1, 0.15) is 61.5 Å². The summed E-state index contributed by atoms with van der Waals surface area (Å²) in [6.45, 7) is 2.15. The van der Waals surface area contributed by atoms with E-state index in [1.54, 1.807) is 7.11 Å². The zero-order valence-corrected chi connectivity index (χ0v) is 52.0. The van der Waals surface area contributed by atoms with Crippen LogP contribution in [0.25, 0.3) is 0 Å². The summed E-state index contributed by atoms with van der Waals surface area (Å²) in [5.41, 5.74) is 7.80. The quantitative estimate of drug-likeness (QED) is 0.0374. The van der Waals surface area contributed by atoms with Crippen molar-refractivity contribution in [3.8, 4) is 11.5 Å². The topological polar surface area (TPSA) is 129 Å². The fraction of sp³-hybridized carbons (Fsp3) is 0.308. The van der Waals surface area contributed by atoms with E-state index in [9.17, 15) is 0 Å². The van der Waals surface area contributed by atoms with Crippen molar-refractivity contribution in [2.75, 3.05) is 33.5 Å². The average molecular weight is 1240 g/mol. The molecule has 0 aromatic heterocycles. The van der Waals surface area contributed by atoms with Gasteiger partial charge in [0.2, 0.25) is 0 Å². The molecule has 0 spiro atoms. The van der Waals surface area contributed by atoms with Crippen molar-refractivity contribution in [1.82, 2.24) is 0 Å². The second kappa shape index (κ2) is 35.8. The first-order valence-corrected chi connectivity index (χ1v) is 31.6. The Hall–Kier alpha value is -7.90. The zero-order valence-electron chi connectivity index (χ0n) is 52.0. The van der Waals surface area contributed by atoms with E-state index < -0.39 is 67.5 Å². The number of rotatable bonds is 35. The first kappa shape index (κ1) is 65.6. The van der Waals surface area contributed by atoms with Crippen LogP contribution in [0.15, 0.2) is 267 Å². The molecule has 0 saturated carbocycles. The second-order valence-electron chi connectivity index (χ2n) is 22.7. The molecule has 0 N–H and O–H groups in total. The number of para-hydroxylation sites is 2. The maximum absolute atomic E-state index is 7.41. The molecule has 9 aromatic rings. The van der Waals surface area contributed by atoms with Gasteiger partial charge in [0.05, 0.1) is 79.8 Å². The zero-order chi connectivity index (χ0) is 62.6. The summed E-state index contributed by atoms with van der Waals surface area (Å²) < 4.78 is 97.3. The van der Waals surface area contributed by atoms with Crippen LogP contribution in [-0.4, -0.2) is 101 Å². The molecule has 2 fully saturated rings. The van der Waals surface area contributed by atoms with Crippen LogP contribution in [-0.2, 0) is 110 Å². The molecule has 14 nitrogen and oxygen atoms in total. The van der Waals surface area contributed by atoms with Crippen LogP contribution in [0.4, 0.5) is 0 Å². The van der Waals surface area contributed by atoms with E-state index in [2.05, 4.69) is 0 Å². The van der Waals surface area contributed by atoms with Gasteiger partial charge in [-0.25, -0.2) is 0 Å². The summed E-state index contributed by atoms with van der Waals surface area (Å²) >= 11 is 0. The second-order valence-corrected chi connectivity index (χ2v) is 22.7. The summed E-state index contributed by atoms with van der Waals surface area (Å²) in [6, 6.07) is 87.8. The van der Waals surface area contributed by atoms with Crippen LogP contribution in [0.2, 0.25) is 0 Å². The van der Waals surface area contributed by atoms with Crippen molar-refractivity contribution < 1.29 is 66.3 Å². The highest BCUT2D eigenvalue weighted by Crippen LogP contribution is 2.36. The van der Waals surface area contributed by atoms with Crippen LogP contribution < -0.4 is 9.47 Å². The van der Waals surface area contributed by atoms with Gasteiger partial charge in [0.25, 0.3) is 0 Å². The molecule has 92 heavy (non-hydrogen) atoms. The number of methoxy groups -OCH3 is 1. The van der Waals surface area contributed by atoms with Gasteiger partial charge < -0.3 is 66.3 Å². The van der Waals surface area contributed by atoms with E-state index in [1.807, 2.05) is 267 Å².